The molecule has 1 heterocycles. The molecule has 1 aliphatic carbocycles. The van der Waals surface area contributed by atoms with Crippen LogP contribution in [0.4, 0.5) is 0 Å². The second kappa shape index (κ2) is 3.37. The number of hydrogen-bond donors (Lipinski definition) is 0. The van der Waals surface area contributed by atoms with Gasteiger partial charge in [-0.25, -0.2) is 0 Å². The fourth-order valence-corrected chi connectivity index (χ4v) is 3.14. The molecule has 3 atom stereocenters. The highest BCUT2D eigenvalue weighted by Crippen LogP contribution is 2.36. The molecule has 2 fully saturated rings. The van der Waals surface area contributed by atoms with E-state index in [1.165, 1.54) is 38.6 Å². The monoisotopic (exact) mass is 167 g/mol. The van der Waals surface area contributed by atoms with Crippen LogP contribution in [0.5, 0.6) is 0 Å². The topological polar surface area (TPSA) is 3.24 Å². The van der Waals surface area contributed by atoms with Crippen LogP contribution in [0.25, 0.3) is 0 Å². The molecule has 1 saturated carbocycles. The summed E-state index contributed by atoms with van der Waals surface area (Å²) in [6.45, 7) is 3.76. The molecule has 1 aliphatic heterocycles. The second-order valence-corrected chi connectivity index (χ2v) is 4.87. The van der Waals surface area contributed by atoms with Gasteiger partial charge in [0.1, 0.15) is 0 Å². The molecule has 0 bridgehead atoms. The van der Waals surface area contributed by atoms with Crippen molar-refractivity contribution < 1.29 is 0 Å². The van der Waals surface area contributed by atoms with Gasteiger partial charge in [0.15, 0.2) is 0 Å². The maximum absolute atomic E-state index is 2.60. The normalized spacial score (nSPS) is 44.0. The summed E-state index contributed by atoms with van der Waals surface area (Å²) in [6.07, 6.45) is 7.35. The van der Waals surface area contributed by atoms with Gasteiger partial charge in [-0.3, -0.25) is 0 Å². The van der Waals surface area contributed by atoms with Crippen molar-refractivity contribution in [2.75, 3.05) is 13.6 Å². The molecule has 0 spiro atoms. The van der Waals surface area contributed by atoms with Crippen molar-refractivity contribution >= 4 is 0 Å². The highest BCUT2D eigenvalue weighted by atomic mass is 15.1. The highest BCUT2D eigenvalue weighted by Gasteiger charge is 2.33. The summed E-state index contributed by atoms with van der Waals surface area (Å²) in [5.41, 5.74) is 0. The average Bonchev–Trinajstić information content (AvgIpc) is 2.04. The standard InChI is InChI=1S/C11H21N/c1-9-5-6-11-10(8-9)4-3-7-12(11)2/h9-11H,3-8H2,1-2H3/t9-,10-,11+/m1/s1. The summed E-state index contributed by atoms with van der Waals surface area (Å²) in [6, 6.07) is 0.940. The third-order valence-electron chi connectivity index (χ3n) is 3.86. The predicted octanol–water partition coefficient (Wildman–Crippen LogP) is 2.52. The number of likely N-dealkylation sites (tertiary alicyclic amines) is 1. The molecule has 2 aliphatic rings. The number of piperidine rings is 1. The van der Waals surface area contributed by atoms with Crippen molar-refractivity contribution in [1.29, 1.82) is 0 Å². The lowest BCUT2D eigenvalue weighted by atomic mass is 9.74. The molecule has 0 unspecified atom stereocenters. The van der Waals surface area contributed by atoms with Crippen LogP contribution < -0.4 is 0 Å². The second-order valence-electron chi connectivity index (χ2n) is 4.87. The van der Waals surface area contributed by atoms with Gasteiger partial charge in [0, 0.05) is 6.04 Å². The first kappa shape index (κ1) is 8.55. The fraction of sp³-hybridized carbons (Fsp3) is 1.00. The van der Waals surface area contributed by atoms with E-state index in [1.54, 1.807) is 0 Å². The zero-order chi connectivity index (χ0) is 8.55. The van der Waals surface area contributed by atoms with E-state index in [0.29, 0.717) is 0 Å². The number of hydrogen-bond acceptors (Lipinski definition) is 1. The Kier molecular flexibility index (Phi) is 2.40. The van der Waals surface area contributed by atoms with E-state index >= 15 is 0 Å². The molecular weight excluding hydrogens is 146 g/mol. The minimum atomic E-state index is 0.940. The molecule has 12 heavy (non-hydrogen) atoms. The Morgan fingerprint density at radius 1 is 1.17 bits per heavy atom. The third kappa shape index (κ3) is 1.52. The lowest BCUT2D eigenvalue weighted by Gasteiger charge is -2.44. The van der Waals surface area contributed by atoms with Gasteiger partial charge < -0.3 is 4.90 Å². The highest BCUT2D eigenvalue weighted by molar-refractivity contribution is 4.87. The van der Waals surface area contributed by atoms with Gasteiger partial charge in [-0.2, -0.15) is 0 Å². The Morgan fingerprint density at radius 2 is 2.00 bits per heavy atom. The van der Waals surface area contributed by atoms with Crippen LogP contribution in [0.15, 0.2) is 0 Å². The first-order valence-electron chi connectivity index (χ1n) is 5.47. The Bertz CT molecular complexity index is 155. The maximum atomic E-state index is 2.60. The van der Waals surface area contributed by atoms with E-state index in [1.807, 2.05) is 0 Å². The van der Waals surface area contributed by atoms with Crippen molar-refractivity contribution in [2.24, 2.45) is 11.8 Å². The van der Waals surface area contributed by atoms with E-state index in [0.717, 1.165) is 17.9 Å². The lowest BCUT2D eigenvalue weighted by molar-refractivity contribution is 0.0654. The summed E-state index contributed by atoms with van der Waals surface area (Å²) < 4.78 is 0. The molecule has 1 heteroatoms. The van der Waals surface area contributed by atoms with Gasteiger partial charge in [-0.1, -0.05) is 6.92 Å². The van der Waals surface area contributed by atoms with Crippen LogP contribution in [0.3, 0.4) is 0 Å². The zero-order valence-corrected chi connectivity index (χ0v) is 8.42. The summed E-state index contributed by atoms with van der Waals surface area (Å²) in [4.78, 5) is 2.60. The number of rotatable bonds is 0. The molecular formula is C11H21N. The quantitative estimate of drug-likeness (QED) is 0.536. The molecule has 0 aromatic heterocycles. The summed E-state index contributed by atoms with van der Waals surface area (Å²) in [5, 5.41) is 0. The van der Waals surface area contributed by atoms with Gasteiger partial charge in [-0.15, -0.1) is 0 Å². The SMILES string of the molecule is C[C@@H]1CC[C@H]2[C@H](CCCN2C)C1. The molecule has 0 amide bonds. The average molecular weight is 167 g/mol. The smallest absolute Gasteiger partial charge is 0.0121 e. The van der Waals surface area contributed by atoms with Crippen molar-refractivity contribution in [3.05, 3.63) is 0 Å². The Labute approximate surface area is 76.1 Å². The summed E-state index contributed by atoms with van der Waals surface area (Å²) in [5.74, 6) is 2.03. The van der Waals surface area contributed by atoms with Crippen LogP contribution in [-0.4, -0.2) is 24.5 Å². The van der Waals surface area contributed by atoms with Gasteiger partial charge >= 0.3 is 0 Å². The first-order valence-corrected chi connectivity index (χ1v) is 5.47. The first-order chi connectivity index (χ1) is 5.77. The van der Waals surface area contributed by atoms with E-state index in [9.17, 15) is 0 Å². The van der Waals surface area contributed by atoms with Crippen LogP contribution in [0.2, 0.25) is 0 Å². The van der Waals surface area contributed by atoms with Crippen LogP contribution >= 0.6 is 0 Å². The third-order valence-corrected chi connectivity index (χ3v) is 3.86. The molecule has 0 aromatic rings. The minimum Gasteiger partial charge on any atom is -0.303 e. The molecule has 2 rings (SSSR count). The van der Waals surface area contributed by atoms with E-state index in [4.69, 9.17) is 0 Å². The largest absolute Gasteiger partial charge is 0.303 e. The predicted molar refractivity (Wildman–Crippen MR) is 52.2 cm³/mol. The zero-order valence-electron chi connectivity index (χ0n) is 8.42. The Hall–Kier alpha value is -0.0400. The van der Waals surface area contributed by atoms with Gasteiger partial charge in [-0.05, 0) is 57.5 Å². The lowest BCUT2D eigenvalue weighted by Crippen LogP contribution is -2.45. The van der Waals surface area contributed by atoms with E-state index in [-0.39, 0.29) is 0 Å². The van der Waals surface area contributed by atoms with Crippen molar-refractivity contribution in [1.82, 2.24) is 4.90 Å². The minimum absolute atomic E-state index is 0.940. The van der Waals surface area contributed by atoms with Gasteiger partial charge in [0.25, 0.3) is 0 Å². The Balaban J connectivity index is 1.99. The van der Waals surface area contributed by atoms with Crippen molar-refractivity contribution in [2.45, 2.75) is 45.1 Å². The molecule has 70 valence electrons. The molecule has 0 N–H and O–H groups in total. The number of fused-ring (bicyclic) bond motifs is 1. The Morgan fingerprint density at radius 3 is 2.83 bits per heavy atom. The molecule has 0 radical (unpaired) electrons. The van der Waals surface area contributed by atoms with Crippen molar-refractivity contribution in [3.63, 3.8) is 0 Å². The van der Waals surface area contributed by atoms with Crippen LogP contribution in [-0.2, 0) is 0 Å². The molecule has 1 saturated heterocycles. The maximum Gasteiger partial charge on any atom is 0.0121 e. The fourth-order valence-electron chi connectivity index (χ4n) is 3.14. The van der Waals surface area contributed by atoms with Gasteiger partial charge in [0.2, 0.25) is 0 Å². The molecule has 0 aromatic carbocycles. The van der Waals surface area contributed by atoms with E-state index in [2.05, 4.69) is 18.9 Å². The van der Waals surface area contributed by atoms with E-state index < -0.39 is 0 Å². The number of nitrogens with zero attached hydrogens (tertiary/aromatic N) is 1. The van der Waals surface area contributed by atoms with Crippen molar-refractivity contribution in [3.8, 4) is 0 Å². The van der Waals surface area contributed by atoms with Crippen LogP contribution in [0.1, 0.15) is 39.0 Å². The summed E-state index contributed by atoms with van der Waals surface area (Å²) in [7, 11) is 2.31. The summed E-state index contributed by atoms with van der Waals surface area (Å²) >= 11 is 0. The van der Waals surface area contributed by atoms with Gasteiger partial charge in [0.05, 0.1) is 0 Å². The molecule has 1 nitrogen and oxygen atoms in total. The van der Waals surface area contributed by atoms with Crippen LogP contribution in [0, 0.1) is 11.8 Å².